The van der Waals surface area contributed by atoms with Gasteiger partial charge in [0.1, 0.15) is 6.73 Å². The third kappa shape index (κ3) is 4.47. The fourth-order valence-corrected chi connectivity index (χ4v) is 3.22. The van der Waals surface area contributed by atoms with Gasteiger partial charge in [-0.2, -0.15) is 0 Å². The maximum atomic E-state index is 12.6. The van der Waals surface area contributed by atoms with Crippen molar-refractivity contribution in [2.75, 3.05) is 19.9 Å². The lowest BCUT2D eigenvalue weighted by Crippen LogP contribution is -2.53. The second kappa shape index (κ2) is 8.28. The van der Waals surface area contributed by atoms with Crippen molar-refractivity contribution in [2.24, 2.45) is 0 Å². The Morgan fingerprint density at radius 2 is 1.72 bits per heavy atom. The summed E-state index contributed by atoms with van der Waals surface area (Å²) in [6, 6.07) is 20.3. The smallest absolute Gasteiger partial charge is 0.338 e. The van der Waals surface area contributed by atoms with Crippen molar-refractivity contribution in [3.05, 3.63) is 71.8 Å². The van der Waals surface area contributed by atoms with Crippen LogP contribution in [0, 0.1) is 0 Å². The van der Waals surface area contributed by atoms with E-state index in [0.717, 1.165) is 18.7 Å². The largest absolute Gasteiger partial charge is 0.464 e. The minimum Gasteiger partial charge on any atom is -0.464 e. The van der Waals surface area contributed by atoms with Crippen LogP contribution in [-0.2, 0) is 27.2 Å². The molecule has 2 aromatic rings. The number of carbonyl (C=O) groups excluding carboxylic acids is 1. The van der Waals surface area contributed by atoms with Crippen LogP contribution >= 0.6 is 0 Å². The van der Waals surface area contributed by atoms with Crippen LogP contribution in [0.5, 0.6) is 0 Å². The Morgan fingerprint density at radius 3 is 2.28 bits per heavy atom. The van der Waals surface area contributed by atoms with E-state index >= 15 is 0 Å². The number of nitrogens with zero attached hydrogens (tertiary/aromatic N) is 1. The number of esters is 1. The van der Waals surface area contributed by atoms with Crippen LogP contribution in [0.4, 0.5) is 0 Å². The van der Waals surface area contributed by atoms with Crippen molar-refractivity contribution in [1.29, 1.82) is 0 Å². The minimum absolute atomic E-state index is 0.252. The van der Waals surface area contributed by atoms with Crippen LogP contribution in [0.2, 0.25) is 0 Å². The molecule has 1 aliphatic heterocycles. The molecular formula is C21H25NO3. The lowest BCUT2D eigenvalue weighted by molar-refractivity contribution is -0.192. The fourth-order valence-electron chi connectivity index (χ4n) is 3.22. The van der Waals surface area contributed by atoms with Crippen LogP contribution in [0.25, 0.3) is 0 Å². The van der Waals surface area contributed by atoms with E-state index < -0.39 is 5.60 Å². The zero-order valence-corrected chi connectivity index (χ0v) is 14.7. The number of ether oxygens (including phenoxy) is 2. The Morgan fingerprint density at radius 1 is 1.08 bits per heavy atom. The summed E-state index contributed by atoms with van der Waals surface area (Å²) in [7, 11) is 0. The molecule has 0 amide bonds. The first-order valence-electron chi connectivity index (χ1n) is 8.83. The molecule has 0 spiro atoms. The van der Waals surface area contributed by atoms with Gasteiger partial charge < -0.3 is 9.47 Å². The molecule has 0 bridgehead atoms. The zero-order valence-electron chi connectivity index (χ0n) is 14.7. The van der Waals surface area contributed by atoms with Gasteiger partial charge in [0.2, 0.25) is 0 Å². The summed E-state index contributed by atoms with van der Waals surface area (Å²) in [5.41, 5.74) is 1.45. The molecule has 1 heterocycles. The van der Waals surface area contributed by atoms with Crippen molar-refractivity contribution < 1.29 is 14.3 Å². The van der Waals surface area contributed by atoms with E-state index in [1.165, 1.54) is 5.56 Å². The molecule has 1 unspecified atom stereocenters. The molecule has 0 aromatic heterocycles. The monoisotopic (exact) mass is 339 g/mol. The van der Waals surface area contributed by atoms with Crippen LogP contribution < -0.4 is 0 Å². The number of carbonyl (C=O) groups is 1. The quantitative estimate of drug-likeness (QED) is 0.756. The highest BCUT2D eigenvalue weighted by Gasteiger charge is 2.44. The molecule has 1 atom stereocenters. The molecule has 0 N–H and O–H groups in total. The van der Waals surface area contributed by atoms with E-state index in [2.05, 4.69) is 17.0 Å². The Hall–Kier alpha value is -2.17. The lowest BCUT2D eigenvalue weighted by Gasteiger charge is -2.40. The van der Waals surface area contributed by atoms with E-state index in [1.54, 1.807) is 0 Å². The molecule has 1 fully saturated rings. The van der Waals surface area contributed by atoms with Gasteiger partial charge in [-0.25, -0.2) is 4.79 Å². The van der Waals surface area contributed by atoms with Crippen LogP contribution in [-0.4, -0.2) is 36.4 Å². The van der Waals surface area contributed by atoms with Crippen molar-refractivity contribution in [1.82, 2.24) is 4.90 Å². The standard InChI is InChI=1S/C21H25NO3/c1-2-24-20(23)21(15-18-9-5-3-6-10-18)13-14-22(17-25-21)16-19-11-7-4-8-12-19/h3-12H,2,13-17H2,1H3. The molecule has 0 radical (unpaired) electrons. The Kier molecular flexibility index (Phi) is 5.84. The molecule has 25 heavy (non-hydrogen) atoms. The van der Waals surface area contributed by atoms with Gasteiger partial charge in [0, 0.05) is 25.9 Å². The Bertz CT molecular complexity index is 664. The molecule has 1 aliphatic rings. The molecule has 3 rings (SSSR count). The highest BCUT2D eigenvalue weighted by atomic mass is 16.6. The minimum atomic E-state index is -0.884. The zero-order chi connectivity index (χ0) is 17.5. The van der Waals surface area contributed by atoms with Gasteiger partial charge in [0.05, 0.1) is 6.61 Å². The predicted octanol–water partition coefficient (Wildman–Crippen LogP) is 3.41. The third-order valence-electron chi connectivity index (χ3n) is 4.58. The first-order valence-corrected chi connectivity index (χ1v) is 8.83. The van der Waals surface area contributed by atoms with Gasteiger partial charge in [-0.3, -0.25) is 4.90 Å². The maximum absolute atomic E-state index is 12.6. The van der Waals surface area contributed by atoms with Gasteiger partial charge in [-0.1, -0.05) is 60.7 Å². The average Bonchev–Trinajstić information content (AvgIpc) is 2.65. The SMILES string of the molecule is CCOC(=O)C1(Cc2ccccc2)CCN(Cc2ccccc2)CO1. The summed E-state index contributed by atoms with van der Waals surface area (Å²) < 4.78 is 11.4. The highest BCUT2D eigenvalue weighted by Crippen LogP contribution is 2.29. The van der Waals surface area contributed by atoms with Crippen LogP contribution in [0.3, 0.4) is 0 Å². The molecule has 4 nitrogen and oxygen atoms in total. The molecule has 1 saturated heterocycles. The summed E-state index contributed by atoms with van der Waals surface area (Å²) >= 11 is 0. The Balaban J connectivity index is 1.69. The van der Waals surface area contributed by atoms with Crippen molar-refractivity contribution >= 4 is 5.97 Å². The first-order chi connectivity index (χ1) is 12.2. The van der Waals surface area contributed by atoms with E-state index in [-0.39, 0.29) is 5.97 Å². The number of hydrogen-bond donors (Lipinski definition) is 0. The summed E-state index contributed by atoms with van der Waals surface area (Å²) in [6.45, 7) is 4.26. The highest BCUT2D eigenvalue weighted by molar-refractivity contribution is 5.80. The molecule has 0 saturated carbocycles. The van der Waals surface area contributed by atoms with E-state index in [4.69, 9.17) is 9.47 Å². The first kappa shape index (κ1) is 17.6. The number of hydrogen-bond acceptors (Lipinski definition) is 4. The summed E-state index contributed by atoms with van der Waals surface area (Å²) in [6.07, 6.45) is 1.18. The van der Waals surface area contributed by atoms with E-state index in [0.29, 0.717) is 26.2 Å². The summed E-state index contributed by atoms with van der Waals surface area (Å²) in [5, 5.41) is 0. The van der Waals surface area contributed by atoms with Gasteiger partial charge >= 0.3 is 5.97 Å². The second-order valence-electron chi connectivity index (χ2n) is 6.44. The topological polar surface area (TPSA) is 38.8 Å². The number of rotatable bonds is 6. The molecule has 0 aliphatic carbocycles. The predicted molar refractivity (Wildman–Crippen MR) is 96.9 cm³/mol. The third-order valence-corrected chi connectivity index (χ3v) is 4.58. The number of benzene rings is 2. The normalized spacial score (nSPS) is 21.0. The second-order valence-corrected chi connectivity index (χ2v) is 6.44. The fraction of sp³-hybridized carbons (Fsp3) is 0.381. The molecule has 132 valence electrons. The average molecular weight is 339 g/mol. The molecule has 4 heteroatoms. The van der Waals surface area contributed by atoms with Gasteiger partial charge in [0.25, 0.3) is 0 Å². The van der Waals surface area contributed by atoms with Crippen LogP contribution in [0.15, 0.2) is 60.7 Å². The van der Waals surface area contributed by atoms with E-state index in [1.807, 2.05) is 55.5 Å². The molecular weight excluding hydrogens is 314 g/mol. The lowest BCUT2D eigenvalue weighted by atomic mass is 9.89. The van der Waals surface area contributed by atoms with Crippen molar-refractivity contribution in [3.63, 3.8) is 0 Å². The van der Waals surface area contributed by atoms with Crippen molar-refractivity contribution in [3.8, 4) is 0 Å². The van der Waals surface area contributed by atoms with Gasteiger partial charge in [-0.05, 0) is 18.1 Å². The maximum Gasteiger partial charge on any atom is 0.338 e. The van der Waals surface area contributed by atoms with Gasteiger partial charge in [-0.15, -0.1) is 0 Å². The molecule has 2 aromatic carbocycles. The van der Waals surface area contributed by atoms with E-state index in [9.17, 15) is 4.79 Å². The van der Waals surface area contributed by atoms with Gasteiger partial charge in [0.15, 0.2) is 5.60 Å². The summed E-state index contributed by atoms with van der Waals surface area (Å²) in [5.74, 6) is -0.252. The van der Waals surface area contributed by atoms with Crippen LogP contribution in [0.1, 0.15) is 24.5 Å². The van der Waals surface area contributed by atoms with Crippen molar-refractivity contribution in [2.45, 2.75) is 31.9 Å². The Labute approximate surface area is 149 Å². The summed E-state index contributed by atoms with van der Waals surface area (Å²) in [4.78, 5) is 14.8.